The van der Waals surface area contributed by atoms with E-state index in [0.717, 1.165) is 19.5 Å². The molecule has 2 fully saturated rings. The number of hydrogen-bond donors (Lipinski definition) is 3. The lowest BCUT2D eigenvalue weighted by Gasteiger charge is -2.27. The summed E-state index contributed by atoms with van der Waals surface area (Å²) in [5, 5.41) is 11.9. The number of rotatable bonds is 2. The molecule has 2 aliphatic heterocycles. The summed E-state index contributed by atoms with van der Waals surface area (Å²) in [7, 11) is 0. The Kier molecular flexibility index (Phi) is 2.41. The molecule has 2 atom stereocenters. The Balaban J connectivity index is 1.78. The molecule has 7 nitrogen and oxygen atoms in total. The maximum absolute atomic E-state index is 11.1. The van der Waals surface area contributed by atoms with Crippen LogP contribution in [-0.4, -0.2) is 46.3 Å². The molecule has 1 aromatic heterocycles. The van der Waals surface area contributed by atoms with Crippen molar-refractivity contribution in [1.29, 1.82) is 0 Å². The molecule has 2 aliphatic rings. The first kappa shape index (κ1) is 10.4. The van der Waals surface area contributed by atoms with E-state index in [1.165, 1.54) is 12.4 Å². The number of hydroxylamine groups is 1. The standard InChI is InChI=1S/C10H13N5O2/c16-9(14-17)6-2-12-10(13-3-6)15-5-7-1-8(15)4-11-7/h2-3,7-8,11,17H,1,4-5H2,(H,14,16)/t7?,8-/m0/s1. The van der Waals surface area contributed by atoms with Gasteiger partial charge in [-0.15, -0.1) is 0 Å². The second kappa shape index (κ2) is 3.94. The number of aromatic nitrogens is 2. The maximum Gasteiger partial charge on any atom is 0.277 e. The van der Waals surface area contributed by atoms with E-state index in [1.807, 2.05) is 0 Å². The van der Waals surface area contributed by atoms with E-state index in [0.29, 0.717) is 18.0 Å². The minimum atomic E-state index is -0.596. The molecule has 2 saturated heterocycles. The number of piperazine rings is 1. The fraction of sp³-hybridized carbons (Fsp3) is 0.500. The molecule has 0 radical (unpaired) electrons. The lowest BCUT2D eigenvalue weighted by molar-refractivity contribution is 0.0705. The SMILES string of the molecule is O=C(NO)c1cnc(N2CC3C[C@H]2CN3)nc1. The summed E-state index contributed by atoms with van der Waals surface area (Å²) < 4.78 is 0. The number of anilines is 1. The molecule has 3 heterocycles. The average Bonchev–Trinajstić information content (AvgIpc) is 3.00. The molecular weight excluding hydrogens is 222 g/mol. The van der Waals surface area contributed by atoms with Crippen LogP contribution in [0.4, 0.5) is 5.95 Å². The third-order valence-electron chi connectivity index (χ3n) is 3.32. The zero-order chi connectivity index (χ0) is 11.8. The van der Waals surface area contributed by atoms with Gasteiger partial charge in [-0.05, 0) is 6.42 Å². The van der Waals surface area contributed by atoms with Crippen molar-refractivity contribution in [3.8, 4) is 0 Å². The molecule has 0 aromatic carbocycles. The zero-order valence-electron chi connectivity index (χ0n) is 9.13. The van der Waals surface area contributed by atoms with Gasteiger partial charge in [-0.2, -0.15) is 0 Å². The molecule has 2 bridgehead atoms. The molecule has 90 valence electrons. The van der Waals surface area contributed by atoms with E-state index in [1.54, 1.807) is 5.48 Å². The normalized spacial score (nSPS) is 26.3. The Hall–Kier alpha value is -1.73. The fourth-order valence-electron chi connectivity index (χ4n) is 2.46. The maximum atomic E-state index is 11.1. The first-order valence-corrected chi connectivity index (χ1v) is 5.54. The third-order valence-corrected chi connectivity index (χ3v) is 3.32. The van der Waals surface area contributed by atoms with E-state index in [2.05, 4.69) is 20.2 Å². The van der Waals surface area contributed by atoms with Crippen LogP contribution < -0.4 is 15.7 Å². The van der Waals surface area contributed by atoms with Crippen LogP contribution in [0, 0.1) is 0 Å². The highest BCUT2D eigenvalue weighted by atomic mass is 16.5. The summed E-state index contributed by atoms with van der Waals surface area (Å²) in [5.41, 5.74) is 1.80. The molecular formula is C10H13N5O2. The monoisotopic (exact) mass is 235 g/mol. The molecule has 0 spiro atoms. The lowest BCUT2D eigenvalue weighted by atomic mass is 10.2. The van der Waals surface area contributed by atoms with Crippen molar-refractivity contribution in [2.45, 2.75) is 18.5 Å². The summed E-state index contributed by atoms with van der Waals surface area (Å²) in [6.45, 7) is 1.88. The van der Waals surface area contributed by atoms with Gasteiger partial charge in [-0.25, -0.2) is 15.4 Å². The number of fused-ring (bicyclic) bond motifs is 2. The number of nitrogens with zero attached hydrogens (tertiary/aromatic N) is 3. The first-order valence-electron chi connectivity index (χ1n) is 5.54. The van der Waals surface area contributed by atoms with Gasteiger partial charge in [0.2, 0.25) is 5.95 Å². The molecule has 0 aliphatic carbocycles. The van der Waals surface area contributed by atoms with Crippen LogP contribution in [0.25, 0.3) is 0 Å². The number of hydrogen-bond acceptors (Lipinski definition) is 6. The molecule has 0 saturated carbocycles. The molecule has 7 heteroatoms. The highest BCUT2D eigenvalue weighted by Crippen LogP contribution is 2.26. The van der Waals surface area contributed by atoms with Crippen LogP contribution in [0.3, 0.4) is 0 Å². The number of carbonyl (C=O) groups is 1. The largest absolute Gasteiger partial charge is 0.335 e. The second-order valence-corrected chi connectivity index (χ2v) is 4.36. The molecule has 3 N–H and O–H groups in total. The van der Waals surface area contributed by atoms with Crippen molar-refractivity contribution in [2.75, 3.05) is 18.0 Å². The Bertz CT molecular complexity index is 435. The van der Waals surface area contributed by atoms with Crippen molar-refractivity contribution < 1.29 is 10.0 Å². The van der Waals surface area contributed by atoms with Crippen LogP contribution in [0.15, 0.2) is 12.4 Å². The minimum Gasteiger partial charge on any atom is -0.335 e. The van der Waals surface area contributed by atoms with E-state index in [9.17, 15) is 4.79 Å². The summed E-state index contributed by atoms with van der Waals surface area (Å²) in [6.07, 6.45) is 3.98. The van der Waals surface area contributed by atoms with Gasteiger partial charge in [-0.3, -0.25) is 10.0 Å². The highest BCUT2D eigenvalue weighted by Gasteiger charge is 2.38. The lowest BCUT2D eigenvalue weighted by Crippen LogP contribution is -2.44. The smallest absolute Gasteiger partial charge is 0.277 e. The zero-order valence-corrected chi connectivity index (χ0v) is 9.13. The number of amides is 1. The number of carbonyl (C=O) groups excluding carboxylic acids is 1. The summed E-state index contributed by atoms with van der Waals surface area (Å²) >= 11 is 0. The van der Waals surface area contributed by atoms with Gasteiger partial charge in [0, 0.05) is 37.6 Å². The predicted octanol–water partition coefficient (Wildman–Crippen LogP) is -0.854. The quantitative estimate of drug-likeness (QED) is 0.457. The molecule has 3 rings (SSSR count). The van der Waals surface area contributed by atoms with Crippen molar-refractivity contribution >= 4 is 11.9 Å². The molecule has 1 unspecified atom stereocenters. The Labute approximate surface area is 97.8 Å². The summed E-state index contributed by atoms with van der Waals surface area (Å²) in [6, 6.07) is 0.988. The first-order chi connectivity index (χ1) is 8.28. The van der Waals surface area contributed by atoms with Gasteiger partial charge in [-0.1, -0.05) is 0 Å². The fourth-order valence-corrected chi connectivity index (χ4v) is 2.46. The van der Waals surface area contributed by atoms with Gasteiger partial charge < -0.3 is 10.2 Å². The number of nitrogens with one attached hydrogen (secondary N) is 2. The predicted molar refractivity (Wildman–Crippen MR) is 58.8 cm³/mol. The van der Waals surface area contributed by atoms with Gasteiger partial charge in [0.15, 0.2) is 0 Å². The Morgan fingerprint density at radius 1 is 1.53 bits per heavy atom. The van der Waals surface area contributed by atoms with Gasteiger partial charge in [0.1, 0.15) is 0 Å². The highest BCUT2D eigenvalue weighted by molar-refractivity contribution is 5.92. The molecule has 1 amide bonds. The van der Waals surface area contributed by atoms with E-state index in [4.69, 9.17) is 5.21 Å². The topological polar surface area (TPSA) is 90.4 Å². The van der Waals surface area contributed by atoms with Gasteiger partial charge in [0.05, 0.1) is 5.56 Å². The van der Waals surface area contributed by atoms with Crippen LogP contribution >= 0.6 is 0 Å². The van der Waals surface area contributed by atoms with Crippen molar-refractivity contribution in [3.63, 3.8) is 0 Å². The van der Waals surface area contributed by atoms with Crippen LogP contribution in [-0.2, 0) is 0 Å². The van der Waals surface area contributed by atoms with Crippen LogP contribution in [0.1, 0.15) is 16.8 Å². The van der Waals surface area contributed by atoms with Crippen molar-refractivity contribution in [1.82, 2.24) is 20.8 Å². The van der Waals surface area contributed by atoms with Crippen molar-refractivity contribution in [3.05, 3.63) is 18.0 Å². The second-order valence-electron chi connectivity index (χ2n) is 4.36. The van der Waals surface area contributed by atoms with Crippen LogP contribution in [0.5, 0.6) is 0 Å². The Morgan fingerprint density at radius 3 is 2.82 bits per heavy atom. The van der Waals surface area contributed by atoms with Gasteiger partial charge >= 0.3 is 0 Å². The van der Waals surface area contributed by atoms with Crippen molar-refractivity contribution in [2.24, 2.45) is 0 Å². The van der Waals surface area contributed by atoms with Crippen LogP contribution in [0.2, 0.25) is 0 Å². The summed E-state index contributed by atoms with van der Waals surface area (Å²) in [4.78, 5) is 21.6. The minimum absolute atomic E-state index is 0.249. The molecule has 17 heavy (non-hydrogen) atoms. The van der Waals surface area contributed by atoms with E-state index >= 15 is 0 Å². The van der Waals surface area contributed by atoms with E-state index < -0.39 is 5.91 Å². The third kappa shape index (κ3) is 1.73. The van der Waals surface area contributed by atoms with Gasteiger partial charge in [0.25, 0.3) is 5.91 Å². The van der Waals surface area contributed by atoms with E-state index in [-0.39, 0.29) is 5.56 Å². The average molecular weight is 235 g/mol. The summed E-state index contributed by atoms with van der Waals surface area (Å²) in [5.74, 6) is 0.0506. The molecule has 1 aromatic rings. The Morgan fingerprint density at radius 2 is 2.29 bits per heavy atom.